The second-order valence-electron chi connectivity index (χ2n) is 7.41. The van der Waals surface area contributed by atoms with Gasteiger partial charge in [0.05, 0.1) is 43.5 Å². The highest BCUT2D eigenvalue weighted by molar-refractivity contribution is 7.18. The molecule has 0 spiro atoms. The van der Waals surface area contributed by atoms with Gasteiger partial charge in [0.25, 0.3) is 0 Å². The van der Waals surface area contributed by atoms with Crippen molar-refractivity contribution >= 4 is 33.5 Å². The third-order valence-corrected chi connectivity index (χ3v) is 6.35. The van der Waals surface area contributed by atoms with Crippen LogP contribution in [0.3, 0.4) is 0 Å². The van der Waals surface area contributed by atoms with Crippen molar-refractivity contribution in [1.82, 2.24) is 9.88 Å². The molecule has 6 heteroatoms. The van der Waals surface area contributed by atoms with E-state index in [9.17, 15) is 4.79 Å². The fourth-order valence-electron chi connectivity index (χ4n) is 3.68. The first-order chi connectivity index (χ1) is 14.1. The molecule has 150 valence electrons. The van der Waals surface area contributed by atoms with E-state index in [4.69, 9.17) is 9.72 Å². The molecule has 0 bridgehead atoms. The first-order valence-corrected chi connectivity index (χ1v) is 10.7. The molecule has 1 aliphatic heterocycles. The minimum atomic E-state index is 0.0626. The monoisotopic (exact) mass is 408 g/mol. The molecule has 0 aliphatic carbocycles. The number of nitrogens with zero attached hydrogens (tertiary/aromatic N) is 2. The maximum Gasteiger partial charge on any atom is 0.246 e. The van der Waals surface area contributed by atoms with E-state index >= 15 is 0 Å². The predicted molar refractivity (Wildman–Crippen MR) is 117 cm³/mol. The van der Waals surface area contributed by atoms with Gasteiger partial charge in [0.2, 0.25) is 5.91 Å². The summed E-state index contributed by atoms with van der Waals surface area (Å²) < 4.78 is 6.63. The van der Waals surface area contributed by atoms with Crippen LogP contribution in [-0.4, -0.2) is 49.1 Å². The summed E-state index contributed by atoms with van der Waals surface area (Å²) in [7, 11) is 1.65. The lowest BCUT2D eigenvalue weighted by Gasteiger charge is -2.31. The highest BCUT2D eigenvalue weighted by Crippen LogP contribution is 2.22. The maximum atomic E-state index is 12.6. The Labute approximate surface area is 175 Å². The van der Waals surface area contributed by atoms with Gasteiger partial charge in [-0.2, -0.15) is 0 Å². The van der Waals surface area contributed by atoms with Crippen LogP contribution in [0.4, 0.5) is 0 Å². The van der Waals surface area contributed by atoms with Crippen molar-refractivity contribution in [3.8, 4) is 5.75 Å². The Morgan fingerprint density at radius 2 is 2.03 bits per heavy atom. The van der Waals surface area contributed by atoms with Gasteiger partial charge in [-0.15, -0.1) is 11.3 Å². The number of carbonyl (C=O) groups is 1. The van der Waals surface area contributed by atoms with E-state index < -0.39 is 0 Å². The Bertz CT molecular complexity index is 1000. The molecule has 0 atom stereocenters. The Kier molecular flexibility index (Phi) is 5.92. The van der Waals surface area contributed by atoms with Gasteiger partial charge in [0, 0.05) is 11.6 Å². The van der Waals surface area contributed by atoms with E-state index in [0.717, 1.165) is 55.1 Å². The van der Waals surface area contributed by atoms with E-state index in [1.165, 1.54) is 14.6 Å². The topological polar surface area (TPSA) is 46.9 Å². The van der Waals surface area contributed by atoms with Crippen LogP contribution in [0.15, 0.2) is 48.5 Å². The summed E-state index contributed by atoms with van der Waals surface area (Å²) >= 11 is 1.77. The van der Waals surface area contributed by atoms with Crippen molar-refractivity contribution in [3.63, 3.8) is 0 Å². The Hall–Kier alpha value is -2.70. The van der Waals surface area contributed by atoms with Crippen LogP contribution < -0.4 is 9.64 Å². The molecule has 3 aromatic rings. The number of benzene rings is 2. The van der Waals surface area contributed by atoms with Gasteiger partial charge in [-0.1, -0.05) is 23.8 Å². The first kappa shape index (κ1) is 19.6. The molecule has 29 heavy (non-hydrogen) atoms. The number of methoxy groups -OCH3 is 1. The molecule has 0 radical (unpaired) electrons. The molecule has 1 aromatic heterocycles. The zero-order valence-electron chi connectivity index (χ0n) is 16.9. The molecular weight excluding hydrogens is 382 g/mol. The largest absolute Gasteiger partial charge is 0.496 e. The van der Waals surface area contributed by atoms with Gasteiger partial charge in [-0.05, 0) is 37.3 Å². The molecular formula is C23H26N3O2S+. The summed E-state index contributed by atoms with van der Waals surface area (Å²) in [6.45, 7) is 6.40. The van der Waals surface area contributed by atoms with E-state index in [2.05, 4.69) is 18.2 Å². The molecule has 1 fully saturated rings. The molecule has 0 saturated carbocycles. The minimum Gasteiger partial charge on any atom is -0.496 e. The number of hydrogen-bond acceptors (Lipinski definition) is 4. The van der Waals surface area contributed by atoms with Crippen molar-refractivity contribution in [2.24, 2.45) is 0 Å². The summed E-state index contributed by atoms with van der Waals surface area (Å²) in [5.74, 6) is 0.845. The van der Waals surface area contributed by atoms with Crippen LogP contribution in [0.1, 0.15) is 16.1 Å². The van der Waals surface area contributed by atoms with Crippen LogP contribution in [0.5, 0.6) is 5.75 Å². The number of carbonyl (C=O) groups excluding carboxylic acids is 1. The number of para-hydroxylation sites is 1. The number of nitrogens with one attached hydrogen (secondary N) is 1. The second-order valence-corrected chi connectivity index (χ2v) is 8.52. The average molecular weight is 409 g/mol. The summed E-state index contributed by atoms with van der Waals surface area (Å²) in [6.07, 6.45) is 3.52. The lowest BCUT2D eigenvalue weighted by molar-refractivity contribution is -0.917. The highest BCUT2D eigenvalue weighted by Gasteiger charge is 2.23. The zero-order chi connectivity index (χ0) is 20.2. The first-order valence-electron chi connectivity index (χ1n) is 9.92. The minimum absolute atomic E-state index is 0.0626. The molecule has 0 unspecified atom stereocenters. The number of rotatable bonds is 5. The van der Waals surface area contributed by atoms with Gasteiger partial charge in [-0.25, -0.2) is 4.98 Å². The Morgan fingerprint density at radius 1 is 1.24 bits per heavy atom. The number of hydrogen-bond donors (Lipinski definition) is 1. The number of quaternary nitrogens is 1. The van der Waals surface area contributed by atoms with E-state index in [-0.39, 0.29) is 5.91 Å². The fourth-order valence-corrected chi connectivity index (χ4v) is 4.72. The Morgan fingerprint density at radius 3 is 2.79 bits per heavy atom. The van der Waals surface area contributed by atoms with Gasteiger partial charge < -0.3 is 14.5 Å². The normalized spacial score (nSPS) is 15.3. The molecule has 5 nitrogen and oxygen atoms in total. The number of piperazine rings is 1. The molecule has 2 heterocycles. The van der Waals surface area contributed by atoms with Crippen LogP contribution in [0, 0.1) is 6.92 Å². The summed E-state index contributed by atoms with van der Waals surface area (Å²) in [5, 5.41) is 1.17. The number of aromatic nitrogens is 1. The SMILES string of the molecule is COc1ccc(C)cc1/C=C/C(=O)N1CC[NH+](Cc2nc3ccccc3s2)CC1. The lowest BCUT2D eigenvalue weighted by Crippen LogP contribution is -3.13. The fraction of sp³-hybridized carbons (Fsp3) is 0.304. The second kappa shape index (κ2) is 8.76. The maximum absolute atomic E-state index is 12.6. The molecule has 2 aromatic carbocycles. The van der Waals surface area contributed by atoms with Crippen molar-refractivity contribution in [2.45, 2.75) is 13.5 Å². The quantitative estimate of drug-likeness (QED) is 0.660. The number of thiazole rings is 1. The van der Waals surface area contributed by atoms with Crippen molar-refractivity contribution in [1.29, 1.82) is 0 Å². The average Bonchev–Trinajstić information content (AvgIpc) is 3.15. The van der Waals surface area contributed by atoms with E-state index in [0.29, 0.717) is 0 Å². The van der Waals surface area contributed by atoms with E-state index in [1.807, 2.05) is 42.2 Å². The summed E-state index contributed by atoms with van der Waals surface area (Å²) in [5.41, 5.74) is 3.16. The smallest absolute Gasteiger partial charge is 0.246 e. The molecule has 1 aliphatic rings. The van der Waals surface area contributed by atoms with Gasteiger partial charge in [0.1, 0.15) is 17.3 Å². The number of fused-ring (bicyclic) bond motifs is 1. The number of amides is 1. The van der Waals surface area contributed by atoms with Crippen LogP contribution in [-0.2, 0) is 11.3 Å². The lowest BCUT2D eigenvalue weighted by atomic mass is 10.1. The Balaban J connectivity index is 1.33. The highest BCUT2D eigenvalue weighted by atomic mass is 32.1. The molecule has 4 rings (SSSR count). The van der Waals surface area contributed by atoms with Crippen LogP contribution in [0.2, 0.25) is 0 Å². The summed E-state index contributed by atoms with van der Waals surface area (Å²) in [4.78, 5) is 20.8. The third kappa shape index (κ3) is 4.66. The van der Waals surface area contributed by atoms with Crippen molar-refractivity contribution in [3.05, 3.63) is 64.7 Å². The molecule has 1 N–H and O–H groups in total. The van der Waals surface area contributed by atoms with Gasteiger partial charge >= 0.3 is 0 Å². The number of aryl methyl sites for hydroxylation is 1. The third-order valence-electron chi connectivity index (χ3n) is 5.31. The molecule has 1 amide bonds. The van der Waals surface area contributed by atoms with Gasteiger partial charge in [0.15, 0.2) is 0 Å². The van der Waals surface area contributed by atoms with Crippen LogP contribution in [0.25, 0.3) is 16.3 Å². The predicted octanol–water partition coefficient (Wildman–Crippen LogP) is 2.55. The van der Waals surface area contributed by atoms with Crippen molar-refractivity contribution < 1.29 is 14.4 Å². The number of ether oxygens (including phenoxy) is 1. The van der Waals surface area contributed by atoms with Gasteiger partial charge in [-0.3, -0.25) is 4.79 Å². The van der Waals surface area contributed by atoms with Crippen molar-refractivity contribution in [2.75, 3.05) is 33.3 Å². The summed E-state index contributed by atoms with van der Waals surface area (Å²) in [6, 6.07) is 14.2. The van der Waals surface area contributed by atoms with Crippen LogP contribution >= 0.6 is 11.3 Å². The standard InChI is InChI=1S/C23H25N3O2S/c1-17-7-9-20(28-2)18(15-17)8-10-23(27)26-13-11-25(12-14-26)16-22-24-19-5-3-4-6-21(19)29-22/h3-10,15H,11-14,16H2,1-2H3/p+1/b10-8+. The zero-order valence-corrected chi connectivity index (χ0v) is 17.7. The molecule has 1 saturated heterocycles. The van der Waals surface area contributed by atoms with E-state index in [1.54, 1.807) is 24.5 Å².